The number of aliphatic hydroxyl groups excluding tert-OH is 1. The van der Waals surface area contributed by atoms with Crippen LogP contribution < -0.4 is 4.74 Å². The fourth-order valence-corrected chi connectivity index (χ4v) is 1.98. The summed E-state index contributed by atoms with van der Waals surface area (Å²) < 4.78 is 18.2. The minimum Gasteiger partial charge on any atom is -0.491 e. The second kappa shape index (κ2) is 6.40. The maximum atomic E-state index is 13.0. The molecule has 1 unspecified atom stereocenters. The van der Waals surface area contributed by atoms with Crippen LogP contribution in [-0.4, -0.2) is 23.4 Å². The van der Waals surface area contributed by atoms with Crippen molar-refractivity contribution in [1.29, 1.82) is 0 Å². The molecule has 0 fully saturated rings. The van der Waals surface area contributed by atoms with E-state index in [4.69, 9.17) is 16.3 Å². The Kier molecular flexibility index (Phi) is 4.59. The maximum Gasteiger partial charge on any atom is 0.176 e. The predicted octanol–water partition coefficient (Wildman–Crippen LogP) is 2.07. The summed E-state index contributed by atoms with van der Waals surface area (Å²) in [5.74, 6) is 2.51. The van der Waals surface area contributed by atoms with Crippen LogP contribution >= 0.6 is 0 Å². The zero-order chi connectivity index (χ0) is 15.3. The zero-order valence-electron chi connectivity index (χ0n) is 11.3. The Morgan fingerprint density at radius 1 is 1.05 bits per heavy atom. The number of terminal acetylenes is 1. The third kappa shape index (κ3) is 3.22. The van der Waals surface area contributed by atoms with E-state index in [1.54, 1.807) is 24.3 Å². The van der Waals surface area contributed by atoms with Crippen molar-refractivity contribution >= 4 is 0 Å². The van der Waals surface area contributed by atoms with E-state index >= 15 is 0 Å². The standard InChI is InChI=1S/C17H15FO3/c1-2-17(20,13-3-7-15(18)8-4-13)14-5-9-16(10-6-14)21-12-11-19/h1,3-10,19-20H,11-12H2. The van der Waals surface area contributed by atoms with Crippen molar-refractivity contribution in [2.75, 3.05) is 13.2 Å². The van der Waals surface area contributed by atoms with Crippen molar-refractivity contribution < 1.29 is 19.3 Å². The summed E-state index contributed by atoms with van der Waals surface area (Å²) in [6.45, 7) is 0.113. The molecule has 108 valence electrons. The summed E-state index contributed by atoms with van der Waals surface area (Å²) in [5, 5.41) is 19.4. The molecule has 2 aromatic rings. The molecule has 0 aliphatic heterocycles. The fraction of sp³-hybridized carbons (Fsp3) is 0.176. The van der Waals surface area contributed by atoms with E-state index in [1.807, 2.05) is 0 Å². The predicted molar refractivity (Wildman–Crippen MR) is 77.3 cm³/mol. The molecule has 4 heteroatoms. The Morgan fingerprint density at radius 3 is 2.05 bits per heavy atom. The Hall–Kier alpha value is -2.35. The SMILES string of the molecule is C#CC(O)(c1ccc(F)cc1)c1ccc(OCCO)cc1. The van der Waals surface area contributed by atoms with Gasteiger partial charge in [0.15, 0.2) is 5.60 Å². The largest absolute Gasteiger partial charge is 0.491 e. The van der Waals surface area contributed by atoms with Crippen LogP contribution in [0.1, 0.15) is 11.1 Å². The minimum atomic E-state index is -1.64. The fourth-order valence-electron chi connectivity index (χ4n) is 1.98. The van der Waals surface area contributed by atoms with Gasteiger partial charge in [-0.1, -0.05) is 30.2 Å². The molecule has 21 heavy (non-hydrogen) atoms. The van der Waals surface area contributed by atoms with Crippen LogP contribution in [0.25, 0.3) is 0 Å². The van der Waals surface area contributed by atoms with E-state index in [2.05, 4.69) is 5.92 Å². The molecule has 0 aliphatic rings. The lowest BCUT2D eigenvalue weighted by Crippen LogP contribution is -2.25. The topological polar surface area (TPSA) is 49.7 Å². The van der Waals surface area contributed by atoms with Gasteiger partial charge >= 0.3 is 0 Å². The van der Waals surface area contributed by atoms with Gasteiger partial charge in [-0.05, 0) is 24.3 Å². The molecule has 0 saturated heterocycles. The van der Waals surface area contributed by atoms with Crippen molar-refractivity contribution in [2.45, 2.75) is 5.60 Å². The maximum absolute atomic E-state index is 13.0. The second-order valence-electron chi connectivity index (χ2n) is 4.46. The van der Waals surface area contributed by atoms with Gasteiger partial charge in [-0.2, -0.15) is 0 Å². The van der Waals surface area contributed by atoms with Crippen molar-refractivity contribution in [1.82, 2.24) is 0 Å². The molecule has 1 atom stereocenters. The van der Waals surface area contributed by atoms with E-state index in [0.717, 1.165) is 0 Å². The molecule has 0 aromatic heterocycles. The molecule has 0 amide bonds. The van der Waals surface area contributed by atoms with Gasteiger partial charge in [0.25, 0.3) is 0 Å². The van der Waals surface area contributed by atoms with Crippen LogP contribution in [0.3, 0.4) is 0 Å². The monoisotopic (exact) mass is 286 g/mol. The Morgan fingerprint density at radius 2 is 1.57 bits per heavy atom. The van der Waals surface area contributed by atoms with Crippen LogP contribution in [0.5, 0.6) is 5.75 Å². The first-order valence-corrected chi connectivity index (χ1v) is 6.40. The van der Waals surface area contributed by atoms with Gasteiger partial charge in [0.05, 0.1) is 6.61 Å². The van der Waals surface area contributed by atoms with E-state index in [1.165, 1.54) is 24.3 Å². The van der Waals surface area contributed by atoms with Crippen molar-refractivity contribution in [2.24, 2.45) is 0 Å². The molecular formula is C17H15FO3. The Labute approximate surface area is 122 Å². The van der Waals surface area contributed by atoms with E-state index < -0.39 is 11.4 Å². The lowest BCUT2D eigenvalue weighted by molar-refractivity contribution is 0.145. The van der Waals surface area contributed by atoms with Crippen LogP contribution in [-0.2, 0) is 5.60 Å². The molecule has 2 aromatic carbocycles. The van der Waals surface area contributed by atoms with Gasteiger partial charge in [0, 0.05) is 11.1 Å². The van der Waals surface area contributed by atoms with Gasteiger partial charge < -0.3 is 14.9 Å². The third-order valence-electron chi connectivity index (χ3n) is 3.10. The molecular weight excluding hydrogens is 271 g/mol. The van der Waals surface area contributed by atoms with Gasteiger partial charge in [-0.3, -0.25) is 0 Å². The van der Waals surface area contributed by atoms with Crippen molar-refractivity contribution in [3.05, 3.63) is 65.5 Å². The Balaban J connectivity index is 2.32. The smallest absolute Gasteiger partial charge is 0.176 e. The lowest BCUT2D eigenvalue weighted by atomic mass is 9.87. The number of hydrogen-bond donors (Lipinski definition) is 2. The second-order valence-corrected chi connectivity index (χ2v) is 4.46. The molecule has 3 nitrogen and oxygen atoms in total. The number of halogens is 1. The van der Waals surface area contributed by atoms with Gasteiger partial charge in [0.2, 0.25) is 0 Å². The third-order valence-corrected chi connectivity index (χ3v) is 3.10. The van der Waals surface area contributed by atoms with E-state index in [0.29, 0.717) is 16.9 Å². The molecule has 0 heterocycles. The molecule has 0 spiro atoms. The number of benzene rings is 2. The molecule has 0 bridgehead atoms. The quantitative estimate of drug-likeness (QED) is 0.827. The van der Waals surface area contributed by atoms with Crippen LogP contribution in [0.2, 0.25) is 0 Å². The van der Waals surface area contributed by atoms with Crippen LogP contribution in [0, 0.1) is 18.2 Å². The molecule has 2 N–H and O–H groups in total. The highest BCUT2D eigenvalue weighted by atomic mass is 19.1. The average Bonchev–Trinajstić information content (AvgIpc) is 2.53. The highest BCUT2D eigenvalue weighted by Crippen LogP contribution is 2.30. The molecule has 2 rings (SSSR count). The number of hydrogen-bond acceptors (Lipinski definition) is 3. The number of ether oxygens (including phenoxy) is 1. The zero-order valence-corrected chi connectivity index (χ0v) is 11.3. The summed E-state index contributed by atoms with van der Waals surface area (Å²) in [7, 11) is 0. The van der Waals surface area contributed by atoms with Gasteiger partial charge in [-0.25, -0.2) is 4.39 Å². The number of aliphatic hydroxyl groups is 2. The van der Waals surface area contributed by atoms with Crippen LogP contribution in [0.4, 0.5) is 4.39 Å². The normalized spacial score (nSPS) is 13.2. The van der Waals surface area contributed by atoms with Gasteiger partial charge in [0.1, 0.15) is 18.2 Å². The first kappa shape index (κ1) is 15.0. The first-order chi connectivity index (χ1) is 10.1. The van der Waals surface area contributed by atoms with Crippen molar-refractivity contribution in [3.8, 4) is 18.1 Å². The molecule has 0 aliphatic carbocycles. The summed E-state index contributed by atoms with van der Waals surface area (Å²) in [6.07, 6.45) is 5.47. The van der Waals surface area contributed by atoms with E-state index in [-0.39, 0.29) is 13.2 Å². The minimum absolute atomic E-state index is 0.0778. The summed E-state index contributed by atoms with van der Waals surface area (Å²) >= 11 is 0. The van der Waals surface area contributed by atoms with Crippen molar-refractivity contribution in [3.63, 3.8) is 0 Å². The first-order valence-electron chi connectivity index (χ1n) is 6.40. The Bertz CT molecular complexity index is 629. The van der Waals surface area contributed by atoms with Gasteiger partial charge in [-0.15, -0.1) is 6.42 Å². The highest BCUT2D eigenvalue weighted by molar-refractivity contribution is 5.45. The summed E-state index contributed by atoms with van der Waals surface area (Å²) in [6, 6.07) is 12.0. The molecule has 0 radical (unpaired) electrons. The lowest BCUT2D eigenvalue weighted by Gasteiger charge is -2.23. The van der Waals surface area contributed by atoms with Crippen LogP contribution in [0.15, 0.2) is 48.5 Å². The highest BCUT2D eigenvalue weighted by Gasteiger charge is 2.29. The number of rotatable bonds is 5. The average molecular weight is 286 g/mol. The molecule has 0 saturated carbocycles. The summed E-state index contributed by atoms with van der Waals surface area (Å²) in [5.41, 5.74) is -0.744. The van der Waals surface area contributed by atoms with E-state index in [9.17, 15) is 9.50 Å². The summed E-state index contributed by atoms with van der Waals surface area (Å²) in [4.78, 5) is 0.